The number of rotatable bonds is 4. The number of fused-ring (bicyclic) bond motifs is 1. The van der Waals surface area contributed by atoms with Crippen LogP contribution < -0.4 is 0 Å². The van der Waals surface area contributed by atoms with E-state index in [1.165, 1.54) is 11.0 Å². The van der Waals surface area contributed by atoms with Crippen LogP contribution in [0.1, 0.15) is 29.7 Å². The minimum atomic E-state index is -4.53. The molecule has 2 aromatic heterocycles. The van der Waals surface area contributed by atoms with E-state index in [0.29, 0.717) is 28.8 Å². The molecular weight excluding hydrogens is 447 g/mol. The molecule has 3 aromatic rings. The lowest BCUT2D eigenvalue weighted by molar-refractivity contribution is -0.136. The molecule has 0 aliphatic carbocycles. The van der Waals surface area contributed by atoms with Crippen molar-refractivity contribution in [2.45, 2.75) is 38.3 Å². The topological polar surface area (TPSA) is 66.6 Å². The van der Waals surface area contributed by atoms with Gasteiger partial charge < -0.3 is 14.4 Å². The van der Waals surface area contributed by atoms with E-state index in [9.17, 15) is 26.7 Å². The summed E-state index contributed by atoms with van der Waals surface area (Å²) >= 11 is 0. The fourth-order valence-electron chi connectivity index (χ4n) is 3.39. The molecule has 1 aliphatic heterocycles. The Bertz CT molecular complexity index is 1080. The minimum absolute atomic E-state index is 0.171. The largest absolute Gasteiger partial charge is 0.460 e. The first-order chi connectivity index (χ1) is 15.5. The highest BCUT2D eigenvalue weighted by atomic mass is 19.4. The van der Waals surface area contributed by atoms with Crippen LogP contribution in [0.5, 0.6) is 0 Å². The van der Waals surface area contributed by atoms with Crippen molar-refractivity contribution in [2.24, 2.45) is 0 Å². The van der Waals surface area contributed by atoms with Gasteiger partial charge in [-0.2, -0.15) is 13.2 Å². The molecule has 1 amide bonds. The van der Waals surface area contributed by atoms with Crippen LogP contribution in [0.4, 0.5) is 22.0 Å². The summed E-state index contributed by atoms with van der Waals surface area (Å²) in [6.07, 6.45) is -2.51. The number of amides is 1. The van der Waals surface area contributed by atoms with Gasteiger partial charge in [-0.1, -0.05) is 6.07 Å². The summed E-state index contributed by atoms with van der Waals surface area (Å²) in [5.74, 6) is -2.22. The second-order valence-electron chi connectivity index (χ2n) is 7.84. The number of furan rings is 1. The molecule has 4 rings (SSSR count). The molecule has 5 nitrogen and oxygen atoms in total. The Morgan fingerprint density at radius 2 is 1.88 bits per heavy atom. The maximum Gasteiger partial charge on any atom is 0.420 e. The fraction of sp³-hybridized carbons (Fsp3) is 0.391. The van der Waals surface area contributed by atoms with Gasteiger partial charge in [0.25, 0.3) is 5.92 Å². The van der Waals surface area contributed by atoms with E-state index in [1.807, 2.05) is 6.92 Å². The molecule has 0 unspecified atom stereocenters. The Morgan fingerprint density at radius 1 is 1.18 bits per heavy atom. The van der Waals surface area contributed by atoms with Crippen LogP contribution in [0.3, 0.4) is 0 Å². The molecule has 3 heterocycles. The number of aliphatic hydroxyl groups excluding tert-OH is 1. The van der Waals surface area contributed by atoms with Crippen LogP contribution in [0.25, 0.3) is 22.2 Å². The second kappa shape index (κ2) is 9.86. The summed E-state index contributed by atoms with van der Waals surface area (Å²) in [6.45, 7) is 2.05. The molecule has 33 heavy (non-hydrogen) atoms. The third-order valence-electron chi connectivity index (χ3n) is 5.22. The number of piperidine rings is 1. The Hall–Kier alpha value is -3.01. The zero-order chi connectivity index (χ0) is 24.2. The number of carbonyl (C=O) groups is 1. The molecule has 1 N–H and O–H groups in total. The Balaban J connectivity index is 0.000000257. The van der Waals surface area contributed by atoms with Gasteiger partial charge in [-0.05, 0) is 36.8 Å². The number of aromatic nitrogens is 1. The quantitative estimate of drug-likeness (QED) is 0.419. The van der Waals surface area contributed by atoms with Crippen molar-refractivity contribution in [2.75, 3.05) is 19.7 Å². The molecule has 1 saturated heterocycles. The van der Waals surface area contributed by atoms with Crippen LogP contribution in [-0.4, -0.2) is 47.0 Å². The number of benzene rings is 1. The number of halogens is 5. The van der Waals surface area contributed by atoms with Crippen molar-refractivity contribution < 1.29 is 36.3 Å². The number of nitrogens with zero attached hydrogens (tertiary/aromatic N) is 2. The van der Waals surface area contributed by atoms with Crippen LogP contribution in [-0.2, 0) is 17.4 Å². The van der Waals surface area contributed by atoms with Gasteiger partial charge in [-0.15, -0.1) is 0 Å². The molecule has 0 saturated carbocycles. The first kappa shape index (κ1) is 24.6. The molecule has 1 aliphatic rings. The first-order valence-electron chi connectivity index (χ1n) is 10.3. The van der Waals surface area contributed by atoms with Crippen LogP contribution in [0, 0.1) is 6.92 Å². The van der Waals surface area contributed by atoms with E-state index in [1.54, 1.807) is 24.4 Å². The van der Waals surface area contributed by atoms with Crippen LogP contribution in [0.15, 0.2) is 40.9 Å². The number of pyridine rings is 1. The van der Waals surface area contributed by atoms with Gasteiger partial charge in [0.05, 0.1) is 17.9 Å². The van der Waals surface area contributed by atoms with E-state index in [4.69, 9.17) is 9.52 Å². The van der Waals surface area contributed by atoms with Gasteiger partial charge in [0.2, 0.25) is 6.41 Å². The molecular formula is C23H23F5N2O3. The monoisotopic (exact) mass is 470 g/mol. The number of aryl methyl sites for hydroxylation is 1. The number of likely N-dealkylation sites (tertiary alicyclic amines) is 1. The standard InChI is InChI=1S/C17H14F3NO2.C6H9F2NO/c1-10-2-3-15(21-9-10)11-6-12-7-13(4-5-22)23-16(12)14(8-11)17(18,19)20;7-6(8)1-3-9(5-10)4-2-6/h2-3,6-9,22H,4-5H2,1H3;5H,1-4H2. The predicted octanol–water partition coefficient (Wildman–Crippen LogP) is 5.23. The number of aliphatic hydroxyl groups is 1. The first-order valence-corrected chi connectivity index (χ1v) is 10.3. The average molecular weight is 470 g/mol. The highest BCUT2D eigenvalue weighted by molar-refractivity contribution is 5.87. The van der Waals surface area contributed by atoms with Gasteiger partial charge in [0.1, 0.15) is 11.3 Å². The smallest absolute Gasteiger partial charge is 0.420 e. The minimum Gasteiger partial charge on any atom is -0.460 e. The van der Waals surface area contributed by atoms with Crippen LogP contribution >= 0.6 is 0 Å². The lowest BCUT2D eigenvalue weighted by atomic mass is 10.0. The highest BCUT2D eigenvalue weighted by Crippen LogP contribution is 2.39. The summed E-state index contributed by atoms with van der Waals surface area (Å²) in [6, 6.07) is 7.68. The molecule has 0 bridgehead atoms. The maximum atomic E-state index is 13.3. The summed E-state index contributed by atoms with van der Waals surface area (Å²) in [7, 11) is 0. The Morgan fingerprint density at radius 3 is 2.42 bits per heavy atom. The predicted molar refractivity (Wildman–Crippen MR) is 112 cm³/mol. The van der Waals surface area contributed by atoms with E-state index < -0.39 is 17.7 Å². The third kappa shape index (κ3) is 6.28. The van der Waals surface area contributed by atoms with Crippen molar-refractivity contribution in [3.8, 4) is 11.3 Å². The Labute approximate surface area is 186 Å². The highest BCUT2D eigenvalue weighted by Gasteiger charge is 2.35. The van der Waals surface area contributed by atoms with Crippen molar-refractivity contribution in [1.82, 2.24) is 9.88 Å². The lowest BCUT2D eigenvalue weighted by Gasteiger charge is -2.28. The number of carbonyl (C=O) groups excluding carboxylic acids is 1. The molecule has 1 fully saturated rings. The van der Waals surface area contributed by atoms with Gasteiger partial charge >= 0.3 is 6.18 Å². The average Bonchev–Trinajstić information content (AvgIpc) is 3.16. The van der Waals surface area contributed by atoms with Gasteiger partial charge in [0, 0.05) is 49.5 Å². The zero-order valence-corrected chi connectivity index (χ0v) is 17.8. The van der Waals surface area contributed by atoms with Crippen molar-refractivity contribution in [3.05, 3.63) is 53.4 Å². The summed E-state index contributed by atoms with van der Waals surface area (Å²) in [5.41, 5.74) is 0.724. The maximum absolute atomic E-state index is 13.3. The molecule has 0 atom stereocenters. The Kier molecular flexibility index (Phi) is 7.36. The molecule has 0 spiro atoms. The van der Waals surface area contributed by atoms with Crippen LogP contribution in [0.2, 0.25) is 0 Å². The third-order valence-corrected chi connectivity index (χ3v) is 5.22. The summed E-state index contributed by atoms with van der Waals surface area (Å²) in [5, 5.41) is 9.29. The van der Waals surface area contributed by atoms with E-state index >= 15 is 0 Å². The summed E-state index contributed by atoms with van der Waals surface area (Å²) < 4.78 is 70.0. The van der Waals surface area contributed by atoms with Gasteiger partial charge in [0.15, 0.2) is 0 Å². The molecule has 178 valence electrons. The lowest BCUT2D eigenvalue weighted by Crippen LogP contribution is -2.38. The van der Waals surface area contributed by atoms with Crippen molar-refractivity contribution >= 4 is 17.4 Å². The van der Waals surface area contributed by atoms with Crippen molar-refractivity contribution in [1.29, 1.82) is 0 Å². The number of hydrogen-bond acceptors (Lipinski definition) is 4. The number of hydrogen-bond donors (Lipinski definition) is 1. The molecule has 1 aromatic carbocycles. The molecule has 0 radical (unpaired) electrons. The van der Waals surface area contributed by atoms with Gasteiger partial charge in [-0.3, -0.25) is 9.78 Å². The van der Waals surface area contributed by atoms with Gasteiger partial charge in [-0.25, -0.2) is 8.78 Å². The fourth-order valence-corrected chi connectivity index (χ4v) is 3.39. The second-order valence-corrected chi connectivity index (χ2v) is 7.84. The van der Waals surface area contributed by atoms with E-state index in [-0.39, 0.29) is 44.5 Å². The number of alkyl halides is 5. The summed E-state index contributed by atoms with van der Waals surface area (Å²) in [4.78, 5) is 15.6. The normalized spacial score (nSPS) is 15.8. The SMILES string of the molecule is Cc1ccc(-c2cc(C(F)(F)F)c3oc(CCO)cc3c2)nc1.O=CN1CCC(F)(F)CC1. The molecule has 10 heteroatoms. The van der Waals surface area contributed by atoms with E-state index in [0.717, 1.165) is 11.6 Å². The van der Waals surface area contributed by atoms with Crippen molar-refractivity contribution in [3.63, 3.8) is 0 Å². The zero-order valence-electron chi connectivity index (χ0n) is 17.8. The van der Waals surface area contributed by atoms with E-state index in [2.05, 4.69) is 4.98 Å².